The maximum atomic E-state index is 12.6. The molecule has 0 aliphatic carbocycles. The molecule has 0 bridgehead atoms. The van der Waals surface area contributed by atoms with Crippen LogP contribution < -0.4 is 16.2 Å². The molecule has 1 atom stereocenters. The second kappa shape index (κ2) is 8.07. The molecule has 0 aliphatic heterocycles. The number of anilines is 1. The van der Waals surface area contributed by atoms with Gasteiger partial charge in [0.25, 0.3) is 17.4 Å². The number of aromatic amines is 1. The van der Waals surface area contributed by atoms with Gasteiger partial charge in [-0.1, -0.05) is 19.1 Å². The van der Waals surface area contributed by atoms with Crippen molar-refractivity contribution in [1.29, 1.82) is 0 Å². The maximum Gasteiger partial charge on any atom is 0.431 e. The van der Waals surface area contributed by atoms with Gasteiger partial charge in [0.15, 0.2) is 0 Å². The van der Waals surface area contributed by atoms with Gasteiger partial charge in [-0.2, -0.15) is 13.2 Å². The first-order valence-electron chi connectivity index (χ1n) is 8.15. The first-order chi connectivity index (χ1) is 12.6. The van der Waals surface area contributed by atoms with Gasteiger partial charge < -0.3 is 15.6 Å². The van der Waals surface area contributed by atoms with Crippen molar-refractivity contribution in [2.24, 2.45) is 0 Å². The van der Waals surface area contributed by atoms with Gasteiger partial charge in [0.1, 0.15) is 11.3 Å². The fourth-order valence-electron chi connectivity index (χ4n) is 2.20. The van der Waals surface area contributed by atoms with Crippen molar-refractivity contribution >= 4 is 17.5 Å². The molecule has 2 rings (SSSR count). The monoisotopic (exact) mass is 381 g/mol. The molecule has 2 aromatic rings. The standard InChI is InChI=1S/C18H18F3N3O3/c1-3-10(2)22-15(25)11-6-4-5-7-13(11)23-16(26)12-8-9-14(18(19,20)21)24-17(12)27/h4-10H,3H2,1-2H3,(H,22,25)(H,23,26)(H,24,27). The van der Waals surface area contributed by atoms with Crippen molar-refractivity contribution in [2.75, 3.05) is 5.32 Å². The Morgan fingerprint density at radius 2 is 1.74 bits per heavy atom. The SMILES string of the molecule is CCC(C)NC(=O)c1ccccc1NC(=O)c1ccc(C(F)(F)F)[nH]c1=O. The number of benzene rings is 1. The van der Waals surface area contributed by atoms with E-state index in [9.17, 15) is 27.6 Å². The van der Waals surface area contributed by atoms with Crippen LogP contribution in [0.3, 0.4) is 0 Å². The summed E-state index contributed by atoms with van der Waals surface area (Å²) >= 11 is 0. The highest BCUT2D eigenvalue weighted by molar-refractivity contribution is 6.08. The van der Waals surface area contributed by atoms with E-state index in [4.69, 9.17) is 0 Å². The zero-order valence-electron chi connectivity index (χ0n) is 14.6. The Morgan fingerprint density at radius 3 is 2.33 bits per heavy atom. The Bertz CT molecular complexity index is 906. The van der Waals surface area contributed by atoms with Crippen LogP contribution in [-0.2, 0) is 6.18 Å². The van der Waals surface area contributed by atoms with E-state index in [0.29, 0.717) is 12.5 Å². The number of hydrogen-bond acceptors (Lipinski definition) is 3. The summed E-state index contributed by atoms with van der Waals surface area (Å²) in [6.45, 7) is 3.72. The lowest BCUT2D eigenvalue weighted by molar-refractivity contribution is -0.141. The van der Waals surface area contributed by atoms with Gasteiger partial charge in [0.05, 0.1) is 11.3 Å². The number of aromatic nitrogens is 1. The van der Waals surface area contributed by atoms with Crippen LogP contribution in [0.4, 0.5) is 18.9 Å². The van der Waals surface area contributed by atoms with Gasteiger partial charge in [-0.25, -0.2) is 0 Å². The zero-order valence-corrected chi connectivity index (χ0v) is 14.6. The van der Waals surface area contributed by atoms with Crippen LogP contribution in [0, 0.1) is 0 Å². The van der Waals surface area contributed by atoms with Crippen molar-refractivity contribution in [3.63, 3.8) is 0 Å². The number of nitrogens with one attached hydrogen (secondary N) is 3. The molecule has 27 heavy (non-hydrogen) atoms. The lowest BCUT2D eigenvalue weighted by Gasteiger charge is -2.14. The van der Waals surface area contributed by atoms with Gasteiger partial charge >= 0.3 is 6.18 Å². The number of H-pyrrole nitrogens is 1. The maximum absolute atomic E-state index is 12.6. The molecule has 0 spiro atoms. The normalized spacial score (nSPS) is 12.3. The molecule has 0 fully saturated rings. The number of carbonyl (C=O) groups is 2. The Kier molecular flexibility index (Phi) is 6.04. The van der Waals surface area contributed by atoms with Crippen molar-refractivity contribution in [3.8, 4) is 0 Å². The van der Waals surface area contributed by atoms with Gasteiger partial charge in [-0.05, 0) is 37.6 Å². The lowest BCUT2D eigenvalue weighted by Crippen LogP contribution is -2.33. The highest BCUT2D eigenvalue weighted by Gasteiger charge is 2.32. The number of pyridine rings is 1. The predicted molar refractivity (Wildman–Crippen MR) is 93.7 cm³/mol. The van der Waals surface area contributed by atoms with E-state index in [1.807, 2.05) is 13.8 Å². The minimum atomic E-state index is -4.73. The molecule has 0 aliphatic rings. The topological polar surface area (TPSA) is 91.1 Å². The van der Waals surface area contributed by atoms with E-state index >= 15 is 0 Å². The highest BCUT2D eigenvalue weighted by atomic mass is 19.4. The molecule has 1 unspecified atom stereocenters. The van der Waals surface area contributed by atoms with Crippen molar-refractivity contribution in [1.82, 2.24) is 10.3 Å². The van der Waals surface area contributed by atoms with Crippen LogP contribution >= 0.6 is 0 Å². The quantitative estimate of drug-likeness (QED) is 0.743. The number of carbonyl (C=O) groups excluding carboxylic acids is 2. The van der Waals surface area contributed by atoms with Crippen molar-refractivity contribution in [2.45, 2.75) is 32.5 Å². The molecule has 0 saturated heterocycles. The summed E-state index contributed by atoms with van der Waals surface area (Å²) in [4.78, 5) is 38.1. The molecular weight excluding hydrogens is 363 g/mol. The molecule has 1 aromatic heterocycles. The third kappa shape index (κ3) is 4.96. The van der Waals surface area contributed by atoms with Gasteiger partial charge in [-0.15, -0.1) is 0 Å². The van der Waals surface area contributed by atoms with E-state index in [1.54, 1.807) is 17.1 Å². The Morgan fingerprint density at radius 1 is 1.07 bits per heavy atom. The summed E-state index contributed by atoms with van der Waals surface area (Å²) in [5.74, 6) is -1.34. The van der Waals surface area contributed by atoms with E-state index in [2.05, 4.69) is 10.6 Å². The third-order valence-corrected chi connectivity index (χ3v) is 3.87. The first-order valence-corrected chi connectivity index (χ1v) is 8.15. The Balaban J connectivity index is 2.27. The van der Waals surface area contributed by atoms with E-state index < -0.39 is 34.8 Å². The molecule has 2 amide bonds. The van der Waals surface area contributed by atoms with Gasteiger partial charge in [0.2, 0.25) is 0 Å². The Labute approximate surface area is 152 Å². The smallest absolute Gasteiger partial charge is 0.350 e. The number of alkyl halides is 3. The van der Waals surface area contributed by atoms with Crippen molar-refractivity contribution < 1.29 is 22.8 Å². The van der Waals surface area contributed by atoms with E-state index in [-0.39, 0.29) is 17.3 Å². The molecule has 3 N–H and O–H groups in total. The van der Waals surface area contributed by atoms with Crippen LogP contribution in [0.1, 0.15) is 46.7 Å². The summed E-state index contributed by atoms with van der Waals surface area (Å²) in [5, 5.41) is 5.15. The minimum Gasteiger partial charge on any atom is -0.350 e. The van der Waals surface area contributed by atoms with E-state index in [0.717, 1.165) is 6.07 Å². The molecule has 1 aromatic carbocycles. The molecule has 0 saturated carbocycles. The molecule has 9 heteroatoms. The second-order valence-electron chi connectivity index (χ2n) is 5.90. The molecule has 6 nitrogen and oxygen atoms in total. The number of hydrogen-bond donors (Lipinski definition) is 3. The van der Waals surface area contributed by atoms with Gasteiger partial charge in [-0.3, -0.25) is 14.4 Å². The fraction of sp³-hybridized carbons (Fsp3) is 0.278. The van der Waals surface area contributed by atoms with Crippen molar-refractivity contribution in [3.05, 3.63) is 63.6 Å². The molecule has 144 valence electrons. The summed E-state index contributed by atoms with van der Waals surface area (Å²) < 4.78 is 37.8. The van der Waals surface area contributed by atoms with Crippen LogP contribution in [-0.4, -0.2) is 22.8 Å². The number of halogens is 3. The fourth-order valence-corrected chi connectivity index (χ4v) is 2.20. The minimum absolute atomic E-state index is 0.0842. The van der Waals surface area contributed by atoms with Crippen LogP contribution in [0.2, 0.25) is 0 Å². The number of rotatable bonds is 5. The number of para-hydroxylation sites is 1. The lowest BCUT2D eigenvalue weighted by atomic mass is 10.1. The number of amides is 2. The summed E-state index contributed by atoms with van der Waals surface area (Å²) in [5.41, 5.74) is -2.61. The molecule has 0 radical (unpaired) electrons. The summed E-state index contributed by atoms with van der Waals surface area (Å²) in [6.07, 6.45) is -4.02. The molecule has 1 heterocycles. The largest absolute Gasteiger partial charge is 0.431 e. The first kappa shape index (κ1) is 20.2. The Hall–Kier alpha value is -3.10. The summed E-state index contributed by atoms with van der Waals surface area (Å²) in [7, 11) is 0. The van der Waals surface area contributed by atoms with Gasteiger partial charge in [0, 0.05) is 6.04 Å². The van der Waals surface area contributed by atoms with E-state index in [1.165, 1.54) is 12.1 Å². The second-order valence-corrected chi connectivity index (χ2v) is 5.90. The van der Waals surface area contributed by atoms with Crippen LogP contribution in [0.25, 0.3) is 0 Å². The average Bonchev–Trinajstić information content (AvgIpc) is 2.60. The third-order valence-electron chi connectivity index (χ3n) is 3.87. The molecular formula is C18H18F3N3O3. The average molecular weight is 381 g/mol. The van der Waals surface area contributed by atoms with Crippen LogP contribution in [0.5, 0.6) is 0 Å². The summed E-state index contributed by atoms with van der Waals surface area (Å²) in [6, 6.07) is 7.44. The van der Waals surface area contributed by atoms with Crippen LogP contribution in [0.15, 0.2) is 41.2 Å². The zero-order chi connectivity index (χ0) is 20.2. The predicted octanol–water partition coefficient (Wildman–Crippen LogP) is 3.17. The highest BCUT2D eigenvalue weighted by Crippen LogP contribution is 2.26.